The summed E-state index contributed by atoms with van der Waals surface area (Å²) in [5.41, 5.74) is 4.46. The molecule has 122 valence electrons. The molecule has 1 N–H and O–H groups in total. The summed E-state index contributed by atoms with van der Waals surface area (Å²) in [4.78, 5) is 11.0. The first-order valence-electron chi connectivity index (χ1n) is 8.23. The number of hydrogen-bond donors (Lipinski definition) is 1. The number of hydrogen-bond acceptors (Lipinski definition) is 3. The minimum absolute atomic E-state index is 0.712. The first-order chi connectivity index (χ1) is 11.2. The molecule has 0 spiro atoms. The number of carbonyl (C=O) groups is 1. The summed E-state index contributed by atoms with van der Waals surface area (Å²) in [6.45, 7) is 6.38. The second-order valence-electron chi connectivity index (χ2n) is 5.65. The third-order valence-corrected chi connectivity index (χ3v) is 3.81. The predicted octanol–water partition coefficient (Wildman–Crippen LogP) is 4.37. The maximum atomic E-state index is 11.0. The van der Waals surface area contributed by atoms with Crippen LogP contribution in [0.4, 0.5) is 5.69 Å². The highest BCUT2D eigenvalue weighted by molar-refractivity contribution is 6.03. The molecule has 0 fully saturated rings. The number of nitrogens with zero attached hydrogens (tertiary/aromatic N) is 2. The molecule has 1 aliphatic heterocycles. The van der Waals surface area contributed by atoms with Gasteiger partial charge >= 0.3 is 0 Å². The lowest BCUT2D eigenvalue weighted by Gasteiger charge is -2.29. The standard InChI is InChI=1S/C19H25N3O/c1-4-9-16(10-5-2)18-13-15(3)19(20-14-23)22(21-18)17-11-7-6-8-12-17/h6-9,11-12,14H,4-5,10,13H2,1-3H3,(H,20,23)/b16-9+. The summed E-state index contributed by atoms with van der Waals surface area (Å²) in [7, 11) is 0. The average Bonchev–Trinajstić information content (AvgIpc) is 2.57. The Labute approximate surface area is 138 Å². The Morgan fingerprint density at radius 2 is 2.04 bits per heavy atom. The van der Waals surface area contributed by atoms with Gasteiger partial charge in [0.1, 0.15) is 5.82 Å². The zero-order chi connectivity index (χ0) is 16.7. The Morgan fingerprint density at radius 3 is 2.65 bits per heavy atom. The van der Waals surface area contributed by atoms with Crippen molar-refractivity contribution < 1.29 is 4.79 Å². The average molecular weight is 311 g/mol. The van der Waals surface area contributed by atoms with Crippen LogP contribution < -0.4 is 10.3 Å². The van der Waals surface area contributed by atoms with Gasteiger partial charge in [0.25, 0.3) is 0 Å². The summed E-state index contributed by atoms with van der Waals surface area (Å²) in [6.07, 6.45) is 6.87. The highest BCUT2D eigenvalue weighted by Gasteiger charge is 2.22. The van der Waals surface area contributed by atoms with Crippen LogP contribution in [-0.4, -0.2) is 12.1 Å². The van der Waals surface area contributed by atoms with Crippen LogP contribution >= 0.6 is 0 Å². The molecule has 0 radical (unpaired) electrons. The molecule has 1 heterocycles. The van der Waals surface area contributed by atoms with Gasteiger partial charge < -0.3 is 5.32 Å². The van der Waals surface area contributed by atoms with Crippen molar-refractivity contribution in [2.24, 2.45) is 5.10 Å². The first kappa shape index (κ1) is 17.0. The Bertz CT molecular complexity index is 629. The lowest BCUT2D eigenvalue weighted by atomic mass is 9.97. The zero-order valence-electron chi connectivity index (χ0n) is 14.2. The normalized spacial score (nSPS) is 15.5. The third kappa shape index (κ3) is 4.09. The van der Waals surface area contributed by atoms with Gasteiger partial charge in [0.05, 0.1) is 11.4 Å². The number of anilines is 1. The van der Waals surface area contributed by atoms with Gasteiger partial charge in [0.15, 0.2) is 0 Å². The smallest absolute Gasteiger partial charge is 0.212 e. The van der Waals surface area contributed by atoms with Gasteiger partial charge in [0, 0.05) is 6.42 Å². The molecule has 0 aliphatic carbocycles. The summed E-state index contributed by atoms with van der Waals surface area (Å²) >= 11 is 0. The summed E-state index contributed by atoms with van der Waals surface area (Å²) < 4.78 is 0. The van der Waals surface area contributed by atoms with E-state index in [2.05, 4.69) is 25.2 Å². The molecular formula is C19H25N3O. The molecule has 0 saturated heterocycles. The zero-order valence-corrected chi connectivity index (χ0v) is 14.2. The van der Waals surface area contributed by atoms with E-state index in [1.54, 1.807) is 0 Å². The van der Waals surface area contributed by atoms with Crippen LogP contribution in [0, 0.1) is 0 Å². The Kier molecular flexibility index (Phi) is 6.15. The molecule has 4 heteroatoms. The van der Waals surface area contributed by atoms with Crippen LogP contribution in [0.15, 0.2) is 58.5 Å². The van der Waals surface area contributed by atoms with E-state index in [1.807, 2.05) is 42.3 Å². The van der Waals surface area contributed by atoms with E-state index in [0.29, 0.717) is 6.41 Å². The minimum atomic E-state index is 0.712. The topological polar surface area (TPSA) is 44.7 Å². The molecular weight excluding hydrogens is 286 g/mol. The van der Waals surface area contributed by atoms with Crippen molar-refractivity contribution in [2.75, 3.05) is 5.01 Å². The SMILES string of the molecule is CC/C=C(\CCC)C1=NN(c2ccccc2)C(NC=O)=C(C)C1. The predicted molar refractivity (Wildman–Crippen MR) is 96.2 cm³/mol. The maximum Gasteiger partial charge on any atom is 0.212 e. The number of rotatable bonds is 7. The molecule has 1 amide bonds. The van der Waals surface area contributed by atoms with Gasteiger partial charge in [-0.2, -0.15) is 5.10 Å². The van der Waals surface area contributed by atoms with Crippen molar-refractivity contribution in [1.29, 1.82) is 0 Å². The molecule has 4 nitrogen and oxygen atoms in total. The van der Waals surface area contributed by atoms with Gasteiger partial charge in [-0.3, -0.25) is 4.79 Å². The molecule has 1 aromatic carbocycles. The van der Waals surface area contributed by atoms with Crippen molar-refractivity contribution in [2.45, 2.75) is 46.5 Å². The van der Waals surface area contributed by atoms with E-state index in [9.17, 15) is 4.79 Å². The molecule has 1 aliphatic rings. The molecule has 0 unspecified atom stereocenters. The molecule has 0 bridgehead atoms. The van der Waals surface area contributed by atoms with E-state index in [0.717, 1.165) is 48.5 Å². The third-order valence-electron chi connectivity index (χ3n) is 3.81. The van der Waals surface area contributed by atoms with Gasteiger partial charge in [-0.15, -0.1) is 0 Å². The summed E-state index contributed by atoms with van der Waals surface area (Å²) in [5.74, 6) is 0.752. The van der Waals surface area contributed by atoms with E-state index in [-0.39, 0.29) is 0 Å². The van der Waals surface area contributed by atoms with E-state index >= 15 is 0 Å². The number of allylic oxidation sites excluding steroid dienone is 3. The quantitative estimate of drug-likeness (QED) is 0.760. The van der Waals surface area contributed by atoms with Gasteiger partial charge in [-0.25, -0.2) is 5.01 Å². The van der Waals surface area contributed by atoms with Crippen molar-refractivity contribution in [3.05, 3.63) is 53.4 Å². The fourth-order valence-corrected chi connectivity index (χ4v) is 2.78. The van der Waals surface area contributed by atoms with Crippen LogP contribution in [0.1, 0.15) is 46.5 Å². The first-order valence-corrected chi connectivity index (χ1v) is 8.23. The summed E-state index contributed by atoms with van der Waals surface area (Å²) in [5, 5.41) is 9.48. The molecule has 0 atom stereocenters. The van der Waals surface area contributed by atoms with Gasteiger partial charge in [0.2, 0.25) is 6.41 Å². The number of carbonyl (C=O) groups excluding carboxylic acids is 1. The van der Waals surface area contributed by atoms with E-state index in [4.69, 9.17) is 5.10 Å². The monoisotopic (exact) mass is 311 g/mol. The number of hydrazone groups is 1. The highest BCUT2D eigenvalue weighted by Crippen LogP contribution is 2.28. The molecule has 23 heavy (non-hydrogen) atoms. The fraction of sp³-hybridized carbons (Fsp3) is 0.368. The van der Waals surface area contributed by atoms with Crippen LogP contribution in [0.25, 0.3) is 0 Å². The second kappa shape index (κ2) is 8.32. The summed E-state index contributed by atoms with van der Waals surface area (Å²) in [6, 6.07) is 9.91. The lowest BCUT2D eigenvalue weighted by Crippen LogP contribution is -2.33. The largest absolute Gasteiger partial charge is 0.313 e. The Balaban J connectivity index is 2.44. The fourth-order valence-electron chi connectivity index (χ4n) is 2.78. The van der Waals surface area contributed by atoms with Gasteiger partial charge in [-0.1, -0.05) is 44.5 Å². The van der Waals surface area contributed by atoms with Crippen molar-refractivity contribution in [1.82, 2.24) is 5.32 Å². The van der Waals surface area contributed by atoms with Gasteiger partial charge in [-0.05, 0) is 43.0 Å². The second-order valence-corrected chi connectivity index (χ2v) is 5.65. The minimum Gasteiger partial charge on any atom is -0.313 e. The molecule has 0 aromatic heterocycles. The van der Waals surface area contributed by atoms with E-state index < -0.39 is 0 Å². The van der Waals surface area contributed by atoms with Crippen LogP contribution in [0.2, 0.25) is 0 Å². The lowest BCUT2D eigenvalue weighted by molar-refractivity contribution is -0.109. The number of amides is 1. The Morgan fingerprint density at radius 1 is 1.30 bits per heavy atom. The maximum absolute atomic E-state index is 11.0. The van der Waals surface area contributed by atoms with Crippen LogP contribution in [0.5, 0.6) is 0 Å². The molecule has 2 rings (SSSR count). The highest BCUT2D eigenvalue weighted by atomic mass is 16.1. The number of para-hydroxylation sites is 1. The molecule has 0 saturated carbocycles. The van der Waals surface area contributed by atoms with Crippen LogP contribution in [-0.2, 0) is 4.79 Å². The van der Waals surface area contributed by atoms with Crippen LogP contribution in [0.3, 0.4) is 0 Å². The van der Waals surface area contributed by atoms with Crippen molar-refractivity contribution >= 4 is 17.8 Å². The number of benzene rings is 1. The molecule has 1 aromatic rings. The van der Waals surface area contributed by atoms with Crippen molar-refractivity contribution in [3.8, 4) is 0 Å². The van der Waals surface area contributed by atoms with Crippen molar-refractivity contribution in [3.63, 3.8) is 0 Å². The number of nitrogens with one attached hydrogen (secondary N) is 1. The van der Waals surface area contributed by atoms with E-state index in [1.165, 1.54) is 5.57 Å². The Hall–Kier alpha value is -2.36.